The van der Waals surface area contributed by atoms with E-state index in [1.54, 1.807) is 6.92 Å². The first-order chi connectivity index (χ1) is 10.7. The molecule has 2 aliphatic carbocycles. The van der Waals surface area contributed by atoms with Crippen molar-refractivity contribution in [3.05, 3.63) is 17.5 Å². The number of hydrogen-bond acceptors (Lipinski definition) is 3. The van der Waals surface area contributed by atoms with Gasteiger partial charge in [-0.3, -0.25) is 9.48 Å². The lowest BCUT2D eigenvalue weighted by Gasteiger charge is -2.26. The summed E-state index contributed by atoms with van der Waals surface area (Å²) in [6.45, 7) is 7.77. The van der Waals surface area contributed by atoms with E-state index >= 15 is 0 Å². The molecule has 0 aromatic carbocycles. The summed E-state index contributed by atoms with van der Waals surface area (Å²) >= 11 is 0. The number of rotatable bonds is 5. The van der Waals surface area contributed by atoms with Gasteiger partial charge in [-0.25, -0.2) is 4.79 Å². The molecule has 6 nitrogen and oxygen atoms in total. The molecule has 6 heteroatoms. The zero-order valence-electron chi connectivity index (χ0n) is 14.2. The van der Waals surface area contributed by atoms with Crippen molar-refractivity contribution in [1.29, 1.82) is 0 Å². The second kappa shape index (κ2) is 5.35. The van der Waals surface area contributed by atoms with Crippen molar-refractivity contribution >= 4 is 11.9 Å². The molecule has 1 aromatic heterocycles. The van der Waals surface area contributed by atoms with Gasteiger partial charge in [0.15, 0.2) is 5.69 Å². The van der Waals surface area contributed by atoms with Crippen LogP contribution in [0.25, 0.3) is 0 Å². The molecular weight excluding hydrogens is 294 g/mol. The molecule has 0 saturated heterocycles. The summed E-state index contributed by atoms with van der Waals surface area (Å²) in [5.41, 5.74) is 1.28. The molecule has 1 amide bonds. The summed E-state index contributed by atoms with van der Waals surface area (Å²) < 4.78 is 1.94. The fraction of sp³-hybridized carbons (Fsp3) is 0.706. The van der Waals surface area contributed by atoms with E-state index in [0.29, 0.717) is 11.6 Å². The second-order valence-corrected chi connectivity index (χ2v) is 7.77. The van der Waals surface area contributed by atoms with Crippen molar-refractivity contribution < 1.29 is 14.7 Å². The highest BCUT2D eigenvalue weighted by atomic mass is 16.4. The minimum absolute atomic E-state index is 0.0396. The van der Waals surface area contributed by atoms with Gasteiger partial charge in [-0.05, 0) is 59.4 Å². The molecule has 1 unspecified atom stereocenters. The number of amides is 1. The molecule has 2 fully saturated rings. The standard InChI is InChI=1S/C17H25N3O3/c1-10(16(22)23)19(12-7-8-12)15(21)13-9-14(11-5-6-11)20(18-13)17(2,3)4/h9-12H,5-8H2,1-4H3,(H,22,23). The highest BCUT2D eigenvalue weighted by Crippen LogP contribution is 2.42. The van der Waals surface area contributed by atoms with Crippen LogP contribution in [0.4, 0.5) is 0 Å². The molecule has 2 saturated carbocycles. The van der Waals surface area contributed by atoms with E-state index < -0.39 is 12.0 Å². The normalized spacial score (nSPS) is 19.5. The summed E-state index contributed by atoms with van der Waals surface area (Å²) in [4.78, 5) is 25.7. The van der Waals surface area contributed by atoms with Gasteiger partial charge >= 0.3 is 5.97 Å². The van der Waals surface area contributed by atoms with Gasteiger partial charge < -0.3 is 10.0 Å². The molecule has 0 radical (unpaired) electrons. The second-order valence-electron chi connectivity index (χ2n) is 7.77. The van der Waals surface area contributed by atoms with Crippen LogP contribution in [0.2, 0.25) is 0 Å². The number of aromatic nitrogens is 2. The average molecular weight is 319 g/mol. The van der Waals surface area contributed by atoms with E-state index in [-0.39, 0.29) is 17.5 Å². The first-order valence-electron chi connectivity index (χ1n) is 8.36. The number of carboxylic acids is 1. The Morgan fingerprint density at radius 1 is 1.30 bits per heavy atom. The number of hydrogen-bond donors (Lipinski definition) is 1. The Morgan fingerprint density at radius 2 is 1.91 bits per heavy atom. The Hall–Kier alpha value is -1.85. The largest absolute Gasteiger partial charge is 0.480 e. The lowest BCUT2D eigenvalue weighted by Crippen LogP contribution is -2.45. The number of carbonyl (C=O) groups is 2. The predicted molar refractivity (Wildman–Crippen MR) is 85.5 cm³/mol. The average Bonchev–Trinajstić information content (AvgIpc) is 3.37. The molecule has 0 aliphatic heterocycles. The van der Waals surface area contributed by atoms with Crippen molar-refractivity contribution in [2.75, 3.05) is 0 Å². The van der Waals surface area contributed by atoms with Crippen molar-refractivity contribution in [3.8, 4) is 0 Å². The van der Waals surface area contributed by atoms with Crippen molar-refractivity contribution in [2.45, 2.75) is 76.9 Å². The molecule has 1 heterocycles. The lowest BCUT2D eigenvalue weighted by molar-refractivity contribution is -0.141. The topological polar surface area (TPSA) is 75.4 Å². The third kappa shape index (κ3) is 3.12. The molecule has 1 aromatic rings. The summed E-state index contributed by atoms with van der Waals surface area (Å²) in [5.74, 6) is -0.746. The summed E-state index contributed by atoms with van der Waals surface area (Å²) in [7, 11) is 0. The fourth-order valence-corrected chi connectivity index (χ4v) is 2.97. The highest BCUT2D eigenvalue weighted by molar-refractivity contribution is 5.95. The van der Waals surface area contributed by atoms with Crippen molar-refractivity contribution in [2.24, 2.45) is 0 Å². The van der Waals surface area contributed by atoms with E-state index in [4.69, 9.17) is 0 Å². The third-order valence-corrected chi connectivity index (χ3v) is 4.54. The molecular formula is C17H25N3O3. The van der Waals surface area contributed by atoms with E-state index in [9.17, 15) is 14.7 Å². The molecule has 1 atom stereocenters. The van der Waals surface area contributed by atoms with Crippen LogP contribution in [0.3, 0.4) is 0 Å². The van der Waals surface area contributed by atoms with E-state index in [2.05, 4.69) is 25.9 Å². The van der Waals surface area contributed by atoms with Gasteiger partial charge in [0.1, 0.15) is 6.04 Å². The van der Waals surface area contributed by atoms with Crippen LogP contribution < -0.4 is 0 Å². The molecule has 23 heavy (non-hydrogen) atoms. The summed E-state index contributed by atoms with van der Waals surface area (Å²) in [5, 5.41) is 13.8. The predicted octanol–water partition coefficient (Wildman–Crippen LogP) is 2.59. The highest BCUT2D eigenvalue weighted by Gasteiger charge is 2.41. The maximum atomic E-state index is 12.9. The monoisotopic (exact) mass is 319 g/mol. The molecule has 0 bridgehead atoms. The Kier molecular flexibility index (Phi) is 3.73. The van der Waals surface area contributed by atoms with E-state index in [1.165, 1.54) is 4.90 Å². The van der Waals surface area contributed by atoms with Gasteiger partial charge in [-0.1, -0.05) is 0 Å². The Balaban J connectivity index is 1.93. The molecule has 3 rings (SSSR count). The zero-order chi connectivity index (χ0) is 16.9. The van der Waals surface area contributed by atoms with Crippen LogP contribution in [0.5, 0.6) is 0 Å². The van der Waals surface area contributed by atoms with Crippen LogP contribution in [0.1, 0.15) is 75.5 Å². The smallest absolute Gasteiger partial charge is 0.326 e. The van der Waals surface area contributed by atoms with Gasteiger partial charge in [0.25, 0.3) is 5.91 Å². The number of carbonyl (C=O) groups excluding carboxylic acids is 1. The van der Waals surface area contributed by atoms with Gasteiger partial charge in [-0.2, -0.15) is 5.10 Å². The Bertz CT molecular complexity index is 636. The van der Waals surface area contributed by atoms with Crippen molar-refractivity contribution in [3.63, 3.8) is 0 Å². The maximum Gasteiger partial charge on any atom is 0.326 e. The van der Waals surface area contributed by atoms with Crippen LogP contribution >= 0.6 is 0 Å². The van der Waals surface area contributed by atoms with Crippen LogP contribution in [0.15, 0.2) is 6.07 Å². The summed E-state index contributed by atoms with van der Waals surface area (Å²) in [6, 6.07) is 1.09. The quantitative estimate of drug-likeness (QED) is 0.905. The van der Waals surface area contributed by atoms with Gasteiger partial charge in [0.05, 0.1) is 5.54 Å². The van der Waals surface area contributed by atoms with Crippen LogP contribution in [0, 0.1) is 0 Å². The molecule has 1 N–H and O–H groups in total. The third-order valence-electron chi connectivity index (χ3n) is 4.54. The number of aliphatic carboxylic acids is 1. The maximum absolute atomic E-state index is 12.9. The van der Waals surface area contributed by atoms with Crippen LogP contribution in [-0.4, -0.2) is 43.7 Å². The summed E-state index contributed by atoms with van der Waals surface area (Å²) in [6.07, 6.45) is 4.01. The first kappa shape index (κ1) is 16.0. The van der Waals surface area contributed by atoms with Gasteiger partial charge in [0.2, 0.25) is 0 Å². The van der Waals surface area contributed by atoms with Crippen LogP contribution in [-0.2, 0) is 10.3 Å². The fourth-order valence-electron chi connectivity index (χ4n) is 2.97. The van der Waals surface area contributed by atoms with Gasteiger partial charge in [0, 0.05) is 17.7 Å². The van der Waals surface area contributed by atoms with Gasteiger partial charge in [-0.15, -0.1) is 0 Å². The minimum Gasteiger partial charge on any atom is -0.480 e. The molecule has 0 spiro atoms. The minimum atomic E-state index is -0.970. The Labute approximate surface area is 136 Å². The SMILES string of the molecule is CC(C(=O)O)N(C(=O)c1cc(C2CC2)n(C(C)(C)C)n1)C1CC1. The zero-order valence-corrected chi connectivity index (χ0v) is 14.2. The van der Waals surface area contributed by atoms with E-state index in [1.807, 2.05) is 10.7 Å². The van der Waals surface area contributed by atoms with E-state index in [0.717, 1.165) is 31.4 Å². The lowest BCUT2D eigenvalue weighted by atomic mass is 10.1. The number of carboxylic acid groups (broad SMARTS) is 1. The first-order valence-corrected chi connectivity index (χ1v) is 8.36. The molecule has 126 valence electrons. The van der Waals surface area contributed by atoms with Crippen molar-refractivity contribution in [1.82, 2.24) is 14.7 Å². The molecule has 2 aliphatic rings. The number of nitrogens with zero attached hydrogens (tertiary/aromatic N) is 3. The Morgan fingerprint density at radius 3 is 2.35 bits per heavy atom.